The van der Waals surface area contributed by atoms with Crippen LogP contribution in [0.5, 0.6) is 5.75 Å². The molecule has 1 aliphatic rings. The lowest BCUT2D eigenvalue weighted by Gasteiger charge is -2.46. The first-order chi connectivity index (χ1) is 13.6. The summed E-state index contributed by atoms with van der Waals surface area (Å²) in [6.45, 7) is 9.31. The molecule has 6 heteroatoms. The number of para-hydroxylation sites is 1. The Kier molecular flexibility index (Phi) is 7.94. The maximum absolute atomic E-state index is 12.5. The lowest BCUT2D eigenvalue weighted by atomic mass is 9.60. The van der Waals surface area contributed by atoms with Crippen molar-refractivity contribution < 1.29 is 23.8 Å². The fourth-order valence-corrected chi connectivity index (χ4v) is 4.76. The zero-order valence-corrected chi connectivity index (χ0v) is 18.3. The maximum Gasteiger partial charge on any atom is 0.406 e. The van der Waals surface area contributed by atoms with E-state index in [1.807, 2.05) is 37.3 Å². The Morgan fingerprint density at radius 1 is 1.17 bits per heavy atom. The fraction of sp³-hybridized carbons (Fsp3) is 0.652. The average Bonchev–Trinajstić information content (AvgIpc) is 2.63. The normalized spacial score (nSPS) is 24.2. The molecule has 3 unspecified atom stereocenters. The SMILES string of the molecule is COC(=O)NCC1(C)CC(CC(=O)OC(C)COc2ccccc2)CC(C)(C)C1. The van der Waals surface area contributed by atoms with Gasteiger partial charge in [-0.05, 0) is 55.1 Å². The molecule has 1 aromatic carbocycles. The van der Waals surface area contributed by atoms with Crippen LogP contribution in [-0.2, 0) is 14.3 Å². The smallest absolute Gasteiger partial charge is 0.406 e. The molecule has 6 nitrogen and oxygen atoms in total. The van der Waals surface area contributed by atoms with Gasteiger partial charge in [0.2, 0.25) is 0 Å². The lowest BCUT2D eigenvalue weighted by Crippen LogP contribution is -2.44. The predicted octanol–water partition coefficient (Wildman–Crippen LogP) is 4.58. The number of carbonyl (C=O) groups is 2. The third-order valence-corrected chi connectivity index (χ3v) is 5.39. The summed E-state index contributed by atoms with van der Waals surface area (Å²) in [5, 5.41) is 2.82. The summed E-state index contributed by atoms with van der Waals surface area (Å²) in [4.78, 5) is 24.0. The van der Waals surface area contributed by atoms with E-state index in [1.165, 1.54) is 7.11 Å². The number of carbonyl (C=O) groups excluding carboxylic acids is 2. The van der Waals surface area contributed by atoms with Crippen LogP contribution in [0.15, 0.2) is 30.3 Å². The van der Waals surface area contributed by atoms with Gasteiger partial charge in [0.1, 0.15) is 18.5 Å². The molecule has 0 aliphatic heterocycles. The van der Waals surface area contributed by atoms with Crippen molar-refractivity contribution in [3.8, 4) is 5.75 Å². The number of benzene rings is 1. The number of ether oxygens (including phenoxy) is 3. The van der Waals surface area contributed by atoms with Gasteiger partial charge in [-0.1, -0.05) is 39.0 Å². The van der Waals surface area contributed by atoms with E-state index in [9.17, 15) is 9.59 Å². The third kappa shape index (κ3) is 7.95. The van der Waals surface area contributed by atoms with E-state index in [0.29, 0.717) is 19.6 Å². The summed E-state index contributed by atoms with van der Waals surface area (Å²) in [7, 11) is 1.37. The number of nitrogens with one attached hydrogen (secondary N) is 1. The Balaban J connectivity index is 1.84. The van der Waals surface area contributed by atoms with Crippen molar-refractivity contribution in [3.05, 3.63) is 30.3 Å². The number of amides is 1. The van der Waals surface area contributed by atoms with Crippen molar-refractivity contribution in [1.82, 2.24) is 5.32 Å². The van der Waals surface area contributed by atoms with Crippen LogP contribution in [0.25, 0.3) is 0 Å². The molecule has 1 aliphatic carbocycles. The molecule has 162 valence electrons. The zero-order chi connectivity index (χ0) is 21.5. The van der Waals surface area contributed by atoms with Crippen LogP contribution >= 0.6 is 0 Å². The van der Waals surface area contributed by atoms with Crippen molar-refractivity contribution in [2.24, 2.45) is 16.7 Å². The topological polar surface area (TPSA) is 73.9 Å². The van der Waals surface area contributed by atoms with Gasteiger partial charge in [0, 0.05) is 13.0 Å². The second-order valence-electron chi connectivity index (χ2n) is 9.40. The van der Waals surface area contributed by atoms with Gasteiger partial charge in [-0.2, -0.15) is 0 Å². The second-order valence-corrected chi connectivity index (χ2v) is 9.40. The molecule has 0 spiro atoms. The summed E-state index contributed by atoms with van der Waals surface area (Å²) >= 11 is 0. The Morgan fingerprint density at radius 3 is 2.52 bits per heavy atom. The van der Waals surface area contributed by atoms with Crippen LogP contribution in [0.1, 0.15) is 53.4 Å². The lowest BCUT2D eigenvalue weighted by molar-refractivity contribution is -0.151. The van der Waals surface area contributed by atoms with Crippen molar-refractivity contribution >= 4 is 12.1 Å². The molecule has 0 heterocycles. The van der Waals surface area contributed by atoms with Gasteiger partial charge < -0.3 is 19.5 Å². The minimum absolute atomic E-state index is 0.0804. The summed E-state index contributed by atoms with van der Waals surface area (Å²) in [5.41, 5.74) is 0.0146. The number of alkyl carbamates (subject to hydrolysis) is 1. The largest absolute Gasteiger partial charge is 0.490 e. The van der Waals surface area contributed by atoms with E-state index in [-0.39, 0.29) is 28.8 Å². The van der Waals surface area contributed by atoms with E-state index in [2.05, 4.69) is 26.1 Å². The predicted molar refractivity (Wildman–Crippen MR) is 112 cm³/mol. The number of methoxy groups -OCH3 is 1. The molecule has 1 saturated carbocycles. The molecule has 2 rings (SSSR count). The number of hydrogen-bond donors (Lipinski definition) is 1. The van der Waals surface area contributed by atoms with E-state index in [0.717, 1.165) is 25.0 Å². The molecule has 0 aromatic heterocycles. The first-order valence-corrected chi connectivity index (χ1v) is 10.3. The van der Waals surface area contributed by atoms with Crippen LogP contribution in [0.2, 0.25) is 0 Å². The van der Waals surface area contributed by atoms with Gasteiger partial charge in [0.05, 0.1) is 7.11 Å². The first kappa shape index (κ1) is 23.0. The number of rotatable bonds is 8. The van der Waals surface area contributed by atoms with Gasteiger partial charge >= 0.3 is 12.1 Å². The molecule has 0 radical (unpaired) electrons. The van der Waals surface area contributed by atoms with Crippen LogP contribution in [0.3, 0.4) is 0 Å². The molecule has 0 bridgehead atoms. The molecule has 29 heavy (non-hydrogen) atoms. The molecule has 1 aromatic rings. The van der Waals surface area contributed by atoms with Gasteiger partial charge in [0.15, 0.2) is 0 Å². The Labute approximate surface area is 174 Å². The quantitative estimate of drug-likeness (QED) is 0.641. The number of hydrogen-bond acceptors (Lipinski definition) is 5. The highest BCUT2D eigenvalue weighted by atomic mass is 16.6. The summed E-state index contributed by atoms with van der Waals surface area (Å²) < 4.78 is 15.9. The van der Waals surface area contributed by atoms with Crippen LogP contribution in [0.4, 0.5) is 4.79 Å². The van der Waals surface area contributed by atoms with Crippen LogP contribution < -0.4 is 10.1 Å². The third-order valence-electron chi connectivity index (χ3n) is 5.39. The van der Waals surface area contributed by atoms with E-state index in [4.69, 9.17) is 14.2 Å². The Bertz CT molecular complexity index is 675. The zero-order valence-electron chi connectivity index (χ0n) is 18.3. The van der Waals surface area contributed by atoms with Crippen LogP contribution in [0, 0.1) is 16.7 Å². The van der Waals surface area contributed by atoms with Gasteiger partial charge in [-0.15, -0.1) is 0 Å². The highest BCUT2D eigenvalue weighted by Gasteiger charge is 2.42. The highest BCUT2D eigenvalue weighted by Crippen LogP contribution is 2.49. The van der Waals surface area contributed by atoms with Gasteiger partial charge in [0.25, 0.3) is 0 Å². The van der Waals surface area contributed by atoms with Crippen molar-refractivity contribution in [1.29, 1.82) is 0 Å². The summed E-state index contributed by atoms with van der Waals surface area (Å²) in [5.74, 6) is 0.788. The first-order valence-electron chi connectivity index (χ1n) is 10.3. The van der Waals surface area contributed by atoms with Gasteiger partial charge in [-0.3, -0.25) is 4.79 Å². The molecule has 0 saturated heterocycles. The molecule has 1 N–H and O–H groups in total. The molecule has 1 fully saturated rings. The fourth-order valence-electron chi connectivity index (χ4n) is 4.76. The minimum Gasteiger partial charge on any atom is -0.490 e. The second kappa shape index (κ2) is 9.99. The average molecular weight is 406 g/mol. The van der Waals surface area contributed by atoms with Gasteiger partial charge in [-0.25, -0.2) is 4.79 Å². The van der Waals surface area contributed by atoms with E-state index < -0.39 is 6.09 Å². The Morgan fingerprint density at radius 2 is 1.86 bits per heavy atom. The highest BCUT2D eigenvalue weighted by molar-refractivity contribution is 5.70. The number of esters is 1. The van der Waals surface area contributed by atoms with Crippen LogP contribution in [-0.4, -0.2) is 38.4 Å². The van der Waals surface area contributed by atoms with Crippen molar-refractivity contribution in [2.75, 3.05) is 20.3 Å². The standard InChI is InChI=1S/C23H35NO5/c1-17(14-28-19-9-7-6-8-10-19)29-20(25)11-18-12-22(2,3)15-23(4,13-18)16-24-21(26)27-5/h6-10,17-18H,11-16H2,1-5H3,(H,24,26). The van der Waals surface area contributed by atoms with Crippen molar-refractivity contribution in [3.63, 3.8) is 0 Å². The molecular weight excluding hydrogens is 370 g/mol. The summed E-state index contributed by atoms with van der Waals surface area (Å²) in [6.07, 6.45) is 2.46. The summed E-state index contributed by atoms with van der Waals surface area (Å²) in [6, 6.07) is 9.49. The molecule has 1 amide bonds. The molecule has 3 atom stereocenters. The minimum atomic E-state index is -0.419. The molecular formula is C23H35NO5. The van der Waals surface area contributed by atoms with E-state index in [1.54, 1.807) is 0 Å². The maximum atomic E-state index is 12.5. The van der Waals surface area contributed by atoms with Crippen molar-refractivity contribution in [2.45, 2.75) is 59.5 Å². The Hall–Kier alpha value is -2.24. The van der Waals surface area contributed by atoms with E-state index >= 15 is 0 Å². The monoisotopic (exact) mass is 405 g/mol.